The van der Waals surface area contributed by atoms with Crippen LogP contribution in [0.1, 0.15) is 44.9 Å². The van der Waals surface area contributed by atoms with Gasteiger partial charge in [-0.1, -0.05) is 12.8 Å². The first kappa shape index (κ1) is 8.49. The summed E-state index contributed by atoms with van der Waals surface area (Å²) in [7, 11) is 0. The molecule has 2 atom stereocenters. The maximum Gasteiger partial charge on any atom is 0.102 e. The van der Waals surface area contributed by atoms with Crippen LogP contribution < -0.4 is 5.32 Å². The van der Waals surface area contributed by atoms with Crippen molar-refractivity contribution in [1.29, 1.82) is 0 Å². The third-order valence-corrected chi connectivity index (χ3v) is 3.20. The van der Waals surface area contributed by atoms with E-state index in [2.05, 4.69) is 5.32 Å². The van der Waals surface area contributed by atoms with Crippen LogP contribution in [-0.2, 0) is 0 Å². The van der Waals surface area contributed by atoms with Gasteiger partial charge in [0.1, 0.15) is 6.17 Å². The van der Waals surface area contributed by atoms with E-state index < -0.39 is 6.17 Å². The first-order valence-corrected chi connectivity index (χ1v) is 5.25. The maximum atomic E-state index is 12.8. The summed E-state index contributed by atoms with van der Waals surface area (Å²) >= 11 is 0. The Morgan fingerprint density at radius 2 is 1.67 bits per heavy atom. The second-order valence-corrected chi connectivity index (χ2v) is 4.26. The molecule has 2 heteroatoms. The number of rotatable bonds is 2. The molecule has 2 rings (SSSR count). The summed E-state index contributed by atoms with van der Waals surface area (Å²) in [6.07, 6.45) is 7.43. The summed E-state index contributed by atoms with van der Waals surface area (Å²) in [4.78, 5) is 0. The lowest BCUT2D eigenvalue weighted by molar-refractivity contribution is 0.328. The Kier molecular flexibility index (Phi) is 2.64. The lowest BCUT2D eigenvalue weighted by atomic mass is 10.2. The van der Waals surface area contributed by atoms with Crippen LogP contribution in [0.2, 0.25) is 0 Å². The topological polar surface area (TPSA) is 12.0 Å². The molecule has 2 aliphatic rings. The molecule has 1 nitrogen and oxygen atoms in total. The summed E-state index contributed by atoms with van der Waals surface area (Å²) in [6, 6.07) is 1.20. The van der Waals surface area contributed by atoms with Crippen molar-refractivity contribution in [2.24, 2.45) is 0 Å². The van der Waals surface area contributed by atoms with Crippen LogP contribution in [0.3, 0.4) is 0 Å². The molecular weight excluding hydrogens is 153 g/mol. The first-order valence-electron chi connectivity index (χ1n) is 5.25. The highest BCUT2D eigenvalue weighted by atomic mass is 19.1. The van der Waals surface area contributed by atoms with E-state index in [1.807, 2.05) is 0 Å². The molecule has 0 aromatic rings. The summed E-state index contributed by atoms with van der Waals surface area (Å²) in [5.74, 6) is 0. The highest BCUT2D eigenvalue weighted by Gasteiger charge is 2.26. The lowest BCUT2D eigenvalue weighted by Crippen LogP contribution is -2.34. The van der Waals surface area contributed by atoms with Gasteiger partial charge in [0.15, 0.2) is 0 Å². The van der Waals surface area contributed by atoms with Crippen molar-refractivity contribution < 1.29 is 4.39 Å². The Morgan fingerprint density at radius 3 is 2.25 bits per heavy atom. The molecule has 0 saturated heterocycles. The van der Waals surface area contributed by atoms with Gasteiger partial charge in [-0.25, -0.2) is 4.39 Å². The Morgan fingerprint density at radius 1 is 0.917 bits per heavy atom. The largest absolute Gasteiger partial charge is 0.311 e. The van der Waals surface area contributed by atoms with E-state index in [4.69, 9.17) is 0 Å². The van der Waals surface area contributed by atoms with Gasteiger partial charge in [0.25, 0.3) is 0 Å². The van der Waals surface area contributed by atoms with Crippen molar-refractivity contribution in [3.8, 4) is 0 Å². The summed E-state index contributed by atoms with van der Waals surface area (Å²) < 4.78 is 12.8. The van der Waals surface area contributed by atoms with Crippen molar-refractivity contribution >= 4 is 0 Å². The first-order chi connectivity index (χ1) is 5.84. The van der Waals surface area contributed by atoms with Crippen LogP contribution in [0.15, 0.2) is 0 Å². The molecule has 0 bridgehead atoms. The average molecular weight is 171 g/mol. The van der Waals surface area contributed by atoms with E-state index in [-0.39, 0.29) is 0 Å². The van der Waals surface area contributed by atoms with Gasteiger partial charge in [-0.05, 0) is 32.1 Å². The Labute approximate surface area is 73.7 Å². The molecule has 2 unspecified atom stereocenters. The normalized spacial score (nSPS) is 37.8. The fraction of sp³-hybridized carbons (Fsp3) is 1.00. The molecular formula is C10H18FN. The lowest BCUT2D eigenvalue weighted by Gasteiger charge is -2.17. The number of nitrogens with one attached hydrogen (secondary N) is 1. The van der Waals surface area contributed by atoms with Crippen LogP contribution >= 0.6 is 0 Å². The second-order valence-electron chi connectivity index (χ2n) is 4.26. The SMILES string of the molecule is FC1CCC(NC2CCCC2)C1. The van der Waals surface area contributed by atoms with E-state index >= 15 is 0 Å². The monoisotopic (exact) mass is 171 g/mol. The van der Waals surface area contributed by atoms with Crippen LogP contribution in [-0.4, -0.2) is 18.3 Å². The minimum Gasteiger partial charge on any atom is -0.311 e. The van der Waals surface area contributed by atoms with Gasteiger partial charge in [-0.15, -0.1) is 0 Å². The Hall–Kier alpha value is -0.110. The number of halogens is 1. The zero-order chi connectivity index (χ0) is 8.39. The van der Waals surface area contributed by atoms with E-state index in [0.29, 0.717) is 12.1 Å². The molecule has 12 heavy (non-hydrogen) atoms. The van der Waals surface area contributed by atoms with Gasteiger partial charge < -0.3 is 5.32 Å². The number of alkyl halides is 1. The second kappa shape index (κ2) is 3.73. The van der Waals surface area contributed by atoms with Gasteiger partial charge in [0.05, 0.1) is 0 Å². The van der Waals surface area contributed by atoms with Crippen molar-refractivity contribution in [3.63, 3.8) is 0 Å². The van der Waals surface area contributed by atoms with Gasteiger partial charge in [-0.3, -0.25) is 0 Å². The molecule has 1 N–H and O–H groups in total. The third kappa shape index (κ3) is 1.98. The van der Waals surface area contributed by atoms with Crippen molar-refractivity contribution in [2.75, 3.05) is 0 Å². The smallest absolute Gasteiger partial charge is 0.102 e. The minimum absolute atomic E-state index is 0.489. The van der Waals surface area contributed by atoms with Crippen LogP contribution in [0.25, 0.3) is 0 Å². The van der Waals surface area contributed by atoms with Crippen LogP contribution in [0.4, 0.5) is 4.39 Å². The van der Waals surface area contributed by atoms with Crippen LogP contribution in [0.5, 0.6) is 0 Å². The van der Waals surface area contributed by atoms with E-state index in [0.717, 1.165) is 19.3 Å². The molecule has 0 heterocycles. The Bertz CT molecular complexity index is 143. The Balaban J connectivity index is 1.72. The zero-order valence-electron chi connectivity index (χ0n) is 7.56. The third-order valence-electron chi connectivity index (χ3n) is 3.20. The fourth-order valence-corrected chi connectivity index (χ4v) is 2.50. The highest BCUT2D eigenvalue weighted by molar-refractivity contribution is 4.85. The molecule has 70 valence electrons. The molecule has 0 spiro atoms. The van der Waals surface area contributed by atoms with E-state index in [1.54, 1.807) is 0 Å². The van der Waals surface area contributed by atoms with Crippen molar-refractivity contribution in [1.82, 2.24) is 5.32 Å². The van der Waals surface area contributed by atoms with Gasteiger partial charge in [0.2, 0.25) is 0 Å². The van der Waals surface area contributed by atoms with Gasteiger partial charge >= 0.3 is 0 Å². The molecule has 2 aliphatic carbocycles. The molecule has 0 aromatic carbocycles. The van der Waals surface area contributed by atoms with Gasteiger partial charge in [0, 0.05) is 12.1 Å². The van der Waals surface area contributed by atoms with Crippen molar-refractivity contribution in [3.05, 3.63) is 0 Å². The molecule has 0 radical (unpaired) electrons. The predicted molar refractivity (Wildman–Crippen MR) is 47.9 cm³/mol. The fourth-order valence-electron chi connectivity index (χ4n) is 2.50. The standard InChI is InChI=1S/C10H18FN/c11-8-5-6-10(7-8)12-9-3-1-2-4-9/h8-10,12H,1-7H2. The van der Waals surface area contributed by atoms with E-state index in [9.17, 15) is 4.39 Å². The maximum absolute atomic E-state index is 12.8. The summed E-state index contributed by atoms with van der Waals surface area (Å²) in [6.45, 7) is 0. The predicted octanol–water partition coefficient (Wildman–Crippen LogP) is 2.41. The van der Waals surface area contributed by atoms with E-state index in [1.165, 1.54) is 25.7 Å². The number of hydrogen-bond acceptors (Lipinski definition) is 1. The number of hydrogen-bond donors (Lipinski definition) is 1. The zero-order valence-corrected chi connectivity index (χ0v) is 7.56. The van der Waals surface area contributed by atoms with Gasteiger partial charge in [-0.2, -0.15) is 0 Å². The molecule has 0 aliphatic heterocycles. The molecule has 0 amide bonds. The molecule has 2 saturated carbocycles. The molecule has 2 fully saturated rings. The van der Waals surface area contributed by atoms with Crippen molar-refractivity contribution in [2.45, 2.75) is 63.2 Å². The highest BCUT2D eigenvalue weighted by Crippen LogP contribution is 2.25. The average Bonchev–Trinajstić information content (AvgIpc) is 2.63. The summed E-state index contributed by atoms with van der Waals surface area (Å²) in [5.41, 5.74) is 0. The molecule has 0 aromatic heterocycles. The minimum atomic E-state index is -0.524. The van der Waals surface area contributed by atoms with Crippen LogP contribution in [0, 0.1) is 0 Å². The summed E-state index contributed by atoms with van der Waals surface area (Å²) in [5, 5.41) is 3.57. The quantitative estimate of drug-likeness (QED) is 0.672.